The quantitative estimate of drug-likeness (QED) is 0.388. The highest BCUT2D eigenvalue weighted by Crippen LogP contribution is 2.13. The molecular weight excluding hydrogens is 260 g/mol. The lowest BCUT2D eigenvalue weighted by atomic mass is 10.2. The fourth-order valence-electron chi connectivity index (χ4n) is 1.32. The van der Waals surface area contributed by atoms with E-state index >= 15 is 0 Å². The van der Waals surface area contributed by atoms with Crippen molar-refractivity contribution in [3.63, 3.8) is 0 Å². The maximum Gasteiger partial charge on any atom is 0.308 e. The molecule has 0 saturated heterocycles. The fraction of sp³-hybridized carbons (Fsp3) is 0.467. The van der Waals surface area contributed by atoms with Gasteiger partial charge in [0.2, 0.25) is 0 Å². The van der Waals surface area contributed by atoms with Crippen LogP contribution in [-0.4, -0.2) is 18.5 Å². The van der Waals surface area contributed by atoms with Gasteiger partial charge >= 0.3 is 11.9 Å². The number of rotatable bonds is 8. The van der Waals surface area contributed by atoms with Crippen molar-refractivity contribution in [2.45, 2.75) is 40.5 Å². The highest BCUT2D eigenvalue weighted by atomic mass is 16.5. The molecule has 0 N–H and O–H groups in total. The average molecular weight is 282 g/mol. The van der Waals surface area contributed by atoms with Crippen molar-refractivity contribution in [2.75, 3.05) is 6.61 Å². The van der Waals surface area contributed by atoms with E-state index in [1.54, 1.807) is 6.08 Å². The van der Waals surface area contributed by atoms with E-state index in [0.29, 0.717) is 36.7 Å². The SMILES string of the molecule is C=C(C/C=C(\C=C(/CC)OC(C)=O)OC(C)=O)OCC. The monoisotopic (exact) mass is 282 g/mol. The predicted octanol–water partition coefficient (Wildman–Crippen LogP) is 3.23. The number of hydrogen-bond acceptors (Lipinski definition) is 5. The van der Waals surface area contributed by atoms with E-state index in [2.05, 4.69) is 6.58 Å². The van der Waals surface area contributed by atoms with Crippen LogP contribution in [0.5, 0.6) is 0 Å². The molecule has 0 aliphatic rings. The maximum atomic E-state index is 11.1. The van der Waals surface area contributed by atoms with Crippen LogP contribution < -0.4 is 0 Å². The number of carbonyl (C=O) groups excluding carboxylic acids is 2. The van der Waals surface area contributed by atoms with E-state index in [9.17, 15) is 9.59 Å². The van der Waals surface area contributed by atoms with Crippen LogP contribution in [0.1, 0.15) is 40.5 Å². The lowest BCUT2D eigenvalue weighted by molar-refractivity contribution is -0.137. The van der Waals surface area contributed by atoms with E-state index in [1.807, 2.05) is 13.8 Å². The van der Waals surface area contributed by atoms with Gasteiger partial charge in [-0.15, -0.1) is 0 Å². The molecule has 0 amide bonds. The van der Waals surface area contributed by atoms with Crippen LogP contribution in [-0.2, 0) is 23.8 Å². The van der Waals surface area contributed by atoms with Crippen LogP contribution in [0, 0.1) is 0 Å². The molecule has 0 aliphatic heterocycles. The van der Waals surface area contributed by atoms with Crippen molar-refractivity contribution in [3.8, 4) is 0 Å². The predicted molar refractivity (Wildman–Crippen MR) is 75.4 cm³/mol. The van der Waals surface area contributed by atoms with Crippen LogP contribution in [0.25, 0.3) is 0 Å². The van der Waals surface area contributed by atoms with Gasteiger partial charge < -0.3 is 14.2 Å². The molecule has 5 heteroatoms. The summed E-state index contributed by atoms with van der Waals surface area (Å²) in [5.41, 5.74) is 0. The minimum atomic E-state index is -0.451. The second-order valence-corrected chi connectivity index (χ2v) is 3.93. The summed E-state index contributed by atoms with van der Waals surface area (Å²) in [7, 11) is 0. The third-order valence-corrected chi connectivity index (χ3v) is 2.07. The minimum absolute atomic E-state index is 0.302. The molecule has 0 fully saturated rings. The summed E-state index contributed by atoms with van der Waals surface area (Å²) in [4.78, 5) is 22.0. The lowest BCUT2D eigenvalue weighted by Gasteiger charge is -2.08. The number of allylic oxidation sites excluding steroid dienone is 3. The minimum Gasteiger partial charge on any atom is -0.499 e. The molecule has 0 unspecified atom stereocenters. The van der Waals surface area contributed by atoms with Crippen LogP contribution in [0.2, 0.25) is 0 Å². The molecule has 0 atom stereocenters. The number of hydrogen-bond donors (Lipinski definition) is 0. The Morgan fingerprint density at radius 3 is 2.15 bits per heavy atom. The van der Waals surface area contributed by atoms with E-state index < -0.39 is 11.9 Å². The van der Waals surface area contributed by atoms with Crippen molar-refractivity contribution in [1.29, 1.82) is 0 Å². The first-order valence-corrected chi connectivity index (χ1v) is 6.47. The third kappa shape index (κ3) is 8.97. The molecule has 0 bridgehead atoms. The van der Waals surface area contributed by atoms with Crippen molar-refractivity contribution < 1.29 is 23.8 Å². The van der Waals surface area contributed by atoms with Crippen LogP contribution in [0.15, 0.2) is 36.0 Å². The van der Waals surface area contributed by atoms with Gasteiger partial charge in [0.15, 0.2) is 0 Å². The number of carbonyl (C=O) groups is 2. The van der Waals surface area contributed by atoms with Gasteiger partial charge in [-0.2, -0.15) is 0 Å². The van der Waals surface area contributed by atoms with Crippen molar-refractivity contribution in [1.82, 2.24) is 0 Å². The summed E-state index contributed by atoms with van der Waals surface area (Å²) in [6.45, 7) is 10.6. The van der Waals surface area contributed by atoms with Crippen LogP contribution in [0.3, 0.4) is 0 Å². The molecule has 0 saturated carbocycles. The Kier molecular flexibility index (Phi) is 8.83. The van der Waals surface area contributed by atoms with Gasteiger partial charge in [-0.25, -0.2) is 0 Å². The first kappa shape index (κ1) is 18.0. The highest BCUT2D eigenvalue weighted by molar-refractivity contribution is 5.68. The van der Waals surface area contributed by atoms with E-state index in [-0.39, 0.29) is 0 Å². The molecule has 0 aliphatic carbocycles. The number of esters is 2. The third-order valence-electron chi connectivity index (χ3n) is 2.07. The van der Waals surface area contributed by atoms with Crippen molar-refractivity contribution >= 4 is 11.9 Å². The molecule has 112 valence electrons. The molecule has 0 radical (unpaired) electrons. The zero-order valence-electron chi connectivity index (χ0n) is 12.5. The van der Waals surface area contributed by atoms with Gasteiger partial charge in [0.25, 0.3) is 0 Å². The zero-order valence-corrected chi connectivity index (χ0v) is 12.5. The molecule has 0 rings (SSSR count). The first-order chi connectivity index (χ1) is 9.38. The van der Waals surface area contributed by atoms with Gasteiger partial charge in [0.1, 0.15) is 11.5 Å². The normalized spacial score (nSPS) is 11.8. The second-order valence-electron chi connectivity index (χ2n) is 3.93. The van der Waals surface area contributed by atoms with Crippen molar-refractivity contribution in [3.05, 3.63) is 36.0 Å². The van der Waals surface area contributed by atoms with Gasteiger partial charge in [-0.3, -0.25) is 9.59 Å². The molecule has 5 nitrogen and oxygen atoms in total. The molecule has 0 spiro atoms. The molecule has 0 heterocycles. The summed E-state index contributed by atoms with van der Waals surface area (Å²) < 4.78 is 15.3. The van der Waals surface area contributed by atoms with Crippen LogP contribution in [0.4, 0.5) is 0 Å². The second kappa shape index (κ2) is 9.83. The summed E-state index contributed by atoms with van der Waals surface area (Å²) in [6.07, 6.45) is 4.08. The summed E-state index contributed by atoms with van der Waals surface area (Å²) in [6, 6.07) is 0. The lowest BCUT2D eigenvalue weighted by Crippen LogP contribution is -2.02. The molecule has 0 aromatic rings. The standard InChI is InChI=1S/C15H22O5/c1-6-14(19-12(4)16)10-15(20-13(5)17)9-8-11(3)18-7-2/h9-10H,3,6-8H2,1-2,4-5H3/b14-10+,15-9+. The largest absolute Gasteiger partial charge is 0.499 e. The van der Waals surface area contributed by atoms with Gasteiger partial charge in [-0.05, 0) is 13.0 Å². The fourth-order valence-corrected chi connectivity index (χ4v) is 1.32. The smallest absolute Gasteiger partial charge is 0.308 e. The first-order valence-electron chi connectivity index (χ1n) is 6.47. The maximum absolute atomic E-state index is 11.1. The Balaban J connectivity index is 4.98. The Morgan fingerprint density at radius 1 is 1.10 bits per heavy atom. The Bertz CT molecular complexity index is 418. The topological polar surface area (TPSA) is 61.8 Å². The summed E-state index contributed by atoms with van der Waals surface area (Å²) in [5.74, 6) is 0.423. The molecule has 0 aromatic carbocycles. The van der Waals surface area contributed by atoms with Crippen molar-refractivity contribution in [2.24, 2.45) is 0 Å². The Morgan fingerprint density at radius 2 is 1.70 bits per heavy atom. The van der Waals surface area contributed by atoms with Gasteiger partial charge in [0.05, 0.1) is 12.4 Å². The summed E-state index contributed by atoms with van der Waals surface area (Å²) in [5, 5.41) is 0. The average Bonchev–Trinajstić information content (AvgIpc) is 2.34. The van der Waals surface area contributed by atoms with Gasteiger partial charge in [-0.1, -0.05) is 13.5 Å². The van der Waals surface area contributed by atoms with E-state index in [0.717, 1.165) is 0 Å². The van der Waals surface area contributed by atoms with Gasteiger partial charge in [0, 0.05) is 32.8 Å². The Labute approximate surface area is 119 Å². The zero-order chi connectivity index (χ0) is 15.5. The highest BCUT2D eigenvalue weighted by Gasteiger charge is 2.05. The van der Waals surface area contributed by atoms with E-state index in [1.165, 1.54) is 19.9 Å². The number of ether oxygens (including phenoxy) is 3. The van der Waals surface area contributed by atoms with E-state index in [4.69, 9.17) is 14.2 Å². The molecular formula is C15H22O5. The molecule has 20 heavy (non-hydrogen) atoms. The summed E-state index contributed by atoms with van der Waals surface area (Å²) >= 11 is 0. The Hall–Kier alpha value is -2.04. The van der Waals surface area contributed by atoms with Crippen LogP contribution >= 0.6 is 0 Å². The molecule has 0 aromatic heterocycles.